The molecule has 3 aliphatic rings. The van der Waals surface area contributed by atoms with E-state index < -0.39 is 0 Å². The molecule has 1 saturated heterocycles. The zero-order valence-electron chi connectivity index (χ0n) is 20.9. The predicted octanol–water partition coefficient (Wildman–Crippen LogP) is 3.05. The highest BCUT2D eigenvalue weighted by Gasteiger charge is 2.43. The zero-order valence-corrected chi connectivity index (χ0v) is 20.9. The van der Waals surface area contributed by atoms with E-state index in [9.17, 15) is 9.59 Å². The Morgan fingerprint density at radius 2 is 1.74 bits per heavy atom. The van der Waals surface area contributed by atoms with E-state index >= 15 is 0 Å². The van der Waals surface area contributed by atoms with Crippen molar-refractivity contribution >= 4 is 17.5 Å². The maximum atomic E-state index is 13.5. The summed E-state index contributed by atoms with van der Waals surface area (Å²) in [6.45, 7) is 5.92. The van der Waals surface area contributed by atoms with Crippen LogP contribution in [-0.2, 0) is 9.59 Å². The number of methoxy groups -OCH3 is 2. The number of nitrogens with one attached hydrogen (secondary N) is 1. The lowest BCUT2D eigenvalue weighted by Gasteiger charge is -2.43. The normalized spacial score (nSPS) is 24.0. The Labute approximate surface area is 202 Å². The standard InChI is InChI=1S/C26H38N4O4/c1-17(2)27-24(31)16-29-13-11-19(12-14-29)30-26(32)21-8-6-5-7-20(21)25(28-30)18-9-10-22(33-3)23(15-18)34-4/h9-10,15,17,19-21H,5-8,11-14,16H2,1-4H3,(H,27,31). The number of carbonyl (C=O) groups excluding carboxylic acids is 2. The van der Waals surface area contributed by atoms with Crippen LogP contribution in [0, 0.1) is 11.8 Å². The summed E-state index contributed by atoms with van der Waals surface area (Å²) in [6, 6.07) is 6.12. The maximum absolute atomic E-state index is 13.5. The second-order valence-corrected chi connectivity index (χ2v) is 9.96. The minimum absolute atomic E-state index is 0.0100. The van der Waals surface area contributed by atoms with Gasteiger partial charge in [0.15, 0.2) is 11.5 Å². The molecule has 1 saturated carbocycles. The van der Waals surface area contributed by atoms with Crippen LogP contribution in [0.5, 0.6) is 11.5 Å². The summed E-state index contributed by atoms with van der Waals surface area (Å²) in [4.78, 5) is 27.9. The van der Waals surface area contributed by atoms with Gasteiger partial charge in [0.05, 0.1) is 32.5 Å². The Bertz CT molecular complexity index is 923. The van der Waals surface area contributed by atoms with E-state index in [2.05, 4.69) is 10.2 Å². The first-order valence-electron chi connectivity index (χ1n) is 12.6. The molecule has 8 nitrogen and oxygen atoms in total. The van der Waals surface area contributed by atoms with Crippen LogP contribution >= 0.6 is 0 Å². The molecule has 2 atom stereocenters. The Morgan fingerprint density at radius 1 is 1.06 bits per heavy atom. The number of hydrogen-bond donors (Lipinski definition) is 1. The van der Waals surface area contributed by atoms with Gasteiger partial charge in [-0.3, -0.25) is 14.5 Å². The van der Waals surface area contributed by atoms with Crippen molar-refractivity contribution < 1.29 is 19.1 Å². The second-order valence-electron chi connectivity index (χ2n) is 9.96. The van der Waals surface area contributed by atoms with Gasteiger partial charge in [0.1, 0.15) is 0 Å². The molecule has 1 aliphatic carbocycles. The maximum Gasteiger partial charge on any atom is 0.246 e. The average Bonchev–Trinajstić information content (AvgIpc) is 2.84. The summed E-state index contributed by atoms with van der Waals surface area (Å²) in [5.74, 6) is 1.72. The third-order valence-electron chi connectivity index (χ3n) is 7.27. The van der Waals surface area contributed by atoms with Crippen LogP contribution in [0.3, 0.4) is 0 Å². The van der Waals surface area contributed by atoms with E-state index in [-0.39, 0.29) is 35.7 Å². The van der Waals surface area contributed by atoms with Crippen molar-refractivity contribution in [3.05, 3.63) is 23.8 Å². The molecular formula is C26H38N4O4. The molecule has 2 unspecified atom stereocenters. The number of hydrogen-bond acceptors (Lipinski definition) is 6. The van der Waals surface area contributed by atoms with Crippen LogP contribution in [0.1, 0.15) is 57.9 Å². The fourth-order valence-electron chi connectivity index (χ4n) is 5.58. The molecule has 34 heavy (non-hydrogen) atoms. The van der Waals surface area contributed by atoms with Crippen LogP contribution in [0.25, 0.3) is 0 Å². The van der Waals surface area contributed by atoms with Crippen molar-refractivity contribution in [2.45, 2.75) is 64.5 Å². The molecule has 1 aromatic rings. The Morgan fingerprint density at radius 3 is 2.38 bits per heavy atom. The Balaban J connectivity index is 1.54. The van der Waals surface area contributed by atoms with Crippen LogP contribution in [0.4, 0.5) is 0 Å². The van der Waals surface area contributed by atoms with Gasteiger partial charge in [-0.1, -0.05) is 12.8 Å². The van der Waals surface area contributed by atoms with Crippen LogP contribution in [0.15, 0.2) is 23.3 Å². The van der Waals surface area contributed by atoms with Crippen LogP contribution in [0.2, 0.25) is 0 Å². The number of likely N-dealkylation sites (tertiary alicyclic amines) is 1. The minimum atomic E-state index is -0.0100. The quantitative estimate of drug-likeness (QED) is 0.662. The third kappa shape index (κ3) is 5.22. The van der Waals surface area contributed by atoms with E-state index in [4.69, 9.17) is 14.6 Å². The molecular weight excluding hydrogens is 432 g/mol. The van der Waals surface area contributed by atoms with Crippen molar-refractivity contribution in [1.82, 2.24) is 15.2 Å². The molecule has 0 radical (unpaired) electrons. The minimum Gasteiger partial charge on any atom is -0.493 e. The summed E-state index contributed by atoms with van der Waals surface area (Å²) in [5.41, 5.74) is 1.99. The molecule has 186 valence electrons. The zero-order chi connectivity index (χ0) is 24.2. The fraction of sp³-hybridized carbons (Fsp3) is 0.654. The van der Waals surface area contributed by atoms with Gasteiger partial charge in [-0.05, 0) is 57.7 Å². The van der Waals surface area contributed by atoms with Crippen molar-refractivity contribution in [2.75, 3.05) is 33.9 Å². The highest BCUT2D eigenvalue weighted by atomic mass is 16.5. The average molecular weight is 471 g/mol. The third-order valence-corrected chi connectivity index (χ3v) is 7.27. The second kappa shape index (κ2) is 10.8. The molecule has 2 amide bonds. The highest BCUT2D eigenvalue weighted by Crippen LogP contribution is 2.40. The van der Waals surface area contributed by atoms with Gasteiger partial charge in [0.2, 0.25) is 11.8 Å². The lowest BCUT2D eigenvalue weighted by Crippen LogP contribution is -2.53. The molecule has 1 N–H and O–H groups in total. The van der Waals surface area contributed by atoms with E-state index in [1.54, 1.807) is 19.2 Å². The smallest absolute Gasteiger partial charge is 0.246 e. The molecule has 0 aromatic heterocycles. The largest absolute Gasteiger partial charge is 0.493 e. The van der Waals surface area contributed by atoms with E-state index in [0.29, 0.717) is 18.0 Å². The lowest BCUT2D eigenvalue weighted by atomic mass is 9.73. The highest BCUT2D eigenvalue weighted by molar-refractivity contribution is 6.07. The molecule has 2 fully saturated rings. The van der Waals surface area contributed by atoms with Crippen molar-refractivity contribution in [1.29, 1.82) is 0 Å². The number of carbonyl (C=O) groups is 2. The van der Waals surface area contributed by atoms with E-state index in [1.165, 1.54) is 0 Å². The molecule has 2 heterocycles. The lowest BCUT2D eigenvalue weighted by molar-refractivity contribution is -0.142. The van der Waals surface area contributed by atoms with Gasteiger partial charge in [-0.25, -0.2) is 5.01 Å². The van der Waals surface area contributed by atoms with Crippen molar-refractivity contribution in [3.8, 4) is 11.5 Å². The first kappa shape index (κ1) is 24.5. The number of nitrogens with zero attached hydrogens (tertiary/aromatic N) is 3. The van der Waals surface area contributed by atoms with Crippen LogP contribution in [-0.4, -0.2) is 73.4 Å². The molecule has 0 bridgehead atoms. The molecule has 4 rings (SSSR count). The molecule has 1 aromatic carbocycles. The SMILES string of the molecule is COc1ccc(C2=NN(C3CCN(CC(=O)NC(C)C)CC3)C(=O)C3CCCCC23)cc1OC. The predicted molar refractivity (Wildman–Crippen MR) is 131 cm³/mol. The number of fused-ring (bicyclic) bond motifs is 1. The Hall–Kier alpha value is -2.61. The summed E-state index contributed by atoms with van der Waals surface area (Å²) in [5, 5.41) is 9.74. The number of rotatable bonds is 7. The Kier molecular flexibility index (Phi) is 7.76. The van der Waals surface area contributed by atoms with Gasteiger partial charge in [0, 0.05) is 36.5 Å². The summed E-state index contributed by atoms with van der Waals surface area (Å²) in [6.07, 6.45) is 5.75. The summed E-state index contributed by atoms with van der Waals surface area (Å²) >= 11 is 0. The number of ether oxygens (including phenoxy) is 2. The van der Waals surface area contributed by atoms with Crippen molar-refractivity contribution in [3.63, 3.8) is 0 Å². The van der Waals surface area contributed by atoms with Gasteiger partial charge in [0.25, 0.3) is 0 Å². The fourth-order valence-corrected chi connectivity index (χ4v) is 5.58. The van der Waals surface area contributed by atoms with Gasteiger partial charge >= 0.3 is 0 Å². The van der Waals surface area contributed by atoms with Crippen molar-refractivity contribution in [2.24, 2.45) is 16.9 Å². The number of benzene rings is 1. The number of piperidine rings is 1. The van der Waals surface area contributed by atoms with Crippen LogP contribution < -0.4 is 14.8 Å². The van der Waals surface area contributed by atoms with E-state index in [1.807, 2.05) is 32.0 Å². The van der Waals surface area contributed by atoms with E-state index in [0.717, 1.165) is 62.9 Å². The molecule has 8 heteroatoms. The summed E-state index contributed by atoms with van der Waals surface area (Å²) in [7, 11) is 3.27. The molecule has 2 aliphatic heterocycles. The van der Waals surface area contributed by atoms with Gasteiger partial charge in [-0.2, -0.15) is 5.10 Å². The van der Waals surface area contributed by atoms with Gasteiger partial charge in [-0.15, -0.1) is 0 Å². The monoisotopic (exact) mass is 470 g/mol. The topological polar surface area (TPSA) is 83.5 Å². The first-order valence-corrected chi connectivity index (χ1v) is 12.6. The number of hydrazone groups is 1. The first-order chi connectivity index (χ1) is 16.4. The summed E-state index contributed by atoms with van der Waals surface area (Å²) < 4.78 is 11.0. The van der Waals surface area contributed by atoms with Gasteiger partial charge < -0.3 is 14.8 Å². The number of amides is 2. The molecule has 0 spiro atoms.